The number of hydrogen-bond acceptors (Lipinski definition) is 4. The number of amides is 1. The normalized spacial score (nSPS) is 24.6. The summed E-state index contributed by atoms with van der Waals surface area (Å²) in [7, 11) is 1.32. The van der Waals surface area contributed by atoms with Crippen molar-refractivity contribution in [2.75, 3.05) is 13.7 Å². The van der Waals surface area contributed by atoms with E-state index in [0.717, 1.165) is 11.5 Å². The van der Waals surface area contributed by atoms with Gasteiger partial charge in [-0.1, -0.05) is 6.08 Å². The molecule has 96 valence electrons. The molecule has 0 bridgehead atoms. The zero-order valence-corrected chi connectivity index (χ0v) is 10.1. The summed E-state index contributed by atoms with van der Waals surface area (Å²) in [5.74, 6) is -0.649. The van der Waals surface area contributed by atoms with Crippen LogP contribution in [0.5, 0.6) is 0 Å². The molecule has 1 rings (SSSR count). The molecule has 1 fully saturated rings. The predicted molar refractivity (Wildman–Crippen MR) is 61.2 cm³/mol. The number of nitrogens with zero attached hydrogens (tertiary/aromatic N) is 1. The Kier molecular flexibility index (Phi) is 4.69. The zero-order valence-electron chi connectivity index (χ0n) is 10.1. The van der Waals surface area contributed by atoms with E-state index in [4.69, 9.17) is 0 Å². The Morgan fingerprint density at radius 1 is 1.71 bits per heavy atom. The minimum atomic E-state index is -0.692. The Hall–Kier alpha value is -1.36. The zero-order chi connectivity index (χ0) is 12.9. The molecule has 0 aliphatic carbocycles. The first-order chi connectivity index (χ1) is 8.05. The number of allylic oxidation sites excluding steroid dienone is 1. The third-order valence-corrected chi connectivity index (χ3v) is 3.28. The summed E-state index contributed by atoms with van der Waals surface area (Å²) in [4.78, 5) is 23.2. The molecule has 17 heavy (non-hydrogen) atoms. The molecule has 0 saturated carbocycles. The van der Waals surface area contributed by atoms with Crippen LogP contribution in [0.3, 0.4) is 0 Å². The fraction of sp³-hybridized carbons (Fsp3) is 0.667. The average Bonchev–Trinajstić information content (AvgIpc) is 2.33. The number of ether oxygens (including phenoxy) is 1. The Balaban J connectivity index is 2.76. The Bertz CT molecular complexity index is 316. The van der Waals surface area contributed by atoms with Crippen molar-refractivity contribution in [1.29, 1.82) is 0 Å². The molecule has 0 radical (unpaired) electrons. The van der Waals surface area contributed by atoms with Gasteiger partial charge in [-0.25, -0.2) is 5.06 Å². The molecule has 0 unspecified atom stereocenters. The number of esters is 1. The minimum Gasteiger partial charge on any atom is -0.469 e. The van der Waals surface area contributed by atoms with Gasteiger partial charge in [0.15, 0.2) is 0 Å². The topological polar surface area (TPSA) is 66.8 Å². The highest BCUT2D eigenvalue weighted by molar-refractivity contribution is 5.83. The highest BCUT2D eigenvalue weighted by Gasteiger charge is 2.42. The van der Waals surface area contributed by atoms with Gasteiger partial charge in [0, 0.05) is 13.0 Å². The molecule has 0 aromatic rings. The third kappa shape index (κ3) is 3.06. The minimum absolute atomic E-state index is 0.184. The first-order valence-electron chi connectivity index (χ1n) is 5.74. The van der Waals surface area contributed by atoms with Crippen LogP contribution in [0.15, 0.2) is 12.7 Å². The van der Waals surface area contributed by atoms with Gasteiger partial charge in [-0.15, -0.1) is 6.58 Å². The van der Waals surface area contributed by atoms with E-state index in [9.17, 15) is 14.8 Å². The van der Waals surface area contributed by atoms with Crippen LogP contribution in [0.4, 0.5) is 0 Å². The van der Waals surface area contributed by atoms with Crippen LogP contribution in [-0.2, 0) is 14.3 Å². The second kappa shape index (κ2) is 5.82. The average molecular weight is 241 g/mol. The van der Waals surface area contributed by atoms with Crippen LogP contribution in [0.1, 0.15) is 32.1 Å². The van der Waals surface area contributed by atoms with E-state index < -0.39 is 5.41 Å². The van der Waals surface area contributed by atoms with Crippen molar-refractivity contribution < 1.29 is 19.5 Å². The highest BCUT2D eigenvalue weighted by Crippen LogP contribution is 2.39. The molecule has 0 aromatic heterocycles. The van der Waals surface area contributed by atoms with Gasteiger partial charge >= 0.3 is 5.97 Å². The second-order valence-corrected chi connectivity index (χ2v) is 4.38. The Labute approximate surface area is 101 Å². The smallest absolute Gasteiger partial charge is 0.305 e. The predicted octanol–water partition coefficient (Wildman–Crippen LogP) is 1.51. The van der Waals surface area contributed by atoms with Crippen LogP contribution in [-0.4, -0.2) is 35.8 Å². The lowest BCUT2D eigenvalue weighted by Crippen LogP contribution is -2.47. The van der Waals surface area contributed by atoms with Crippen LogP contribution in [0, 0.1) is 5.41 Å². The van der Waals surface area contributed by atoms with E-state index in [0.29, 0.717) is 25.8 Å². The SMILES string of the molecule is C=CC[C@]1(CCC(=O)OC)CCCN(O)C1=O. The molecular formula is C12H19NO4. The fourth-order valence-corrected chi connectivity index (χ4v) is 2.29. The monoisotopic (exact) mass is 241 g/mol. The fourth-order valence-electron chi connectivity index (χ4n) is 2.29. The summed E-state index contributed by atoms with van der Waals surface area (Å²) >= 11 is 0. The van der Waals surface area contributed by atoms with E-state index in [1.165, 1.54) is 7.11 Å². The lowest BCUT2D eigenvalue weighted by Gasteiger charge is -2.38. The van der Waals surface area contributed by atoms with Crippen molar-refractivity contribution in [2.24, 2.45) is 5.41 Å². The molecule has 1 atom stereocenters. The molecule has 0 spiro atoms. The molecule has 1 saturated heterocycles. The first kappa shape index (κ1) is 13.7. The maximum absolute atomic E-state index is 12.0. The number of hydroxylamine groups is 2. The number of carbonyl (C=O) groups is 2. The molecule has 5 heteroatoms. The standard InChI is InChI=1S/C12H19NO4/c1-3-6-12(8-5-10(14)17-2)7-4-9-13(16)11(12)15/h3,16H,1,4-9H2,2H3/t12-/m1/s1. The van der Waals surface area contributed by atoms with Crippen molar-refractivity contribution in [3.8, 4) is 0 Å². The second-order valence-electron chi connectivity index (χ2n) is 4.38. The quantitative estimate of drug-likeness (QED) is 0.450. The molecule has 1 N–H and O–H groups in total. The van der Waals surface area contributed by atoms with Gasteiger partial charge in [0.2, 0.25) is 0 Å². The molecule has 1 heterocycles. The Morgan fingerprint density at radius 2 is 2.41 bits per heavy atom. The summed E-state index contributed by atoms with van der Waals surface area (Å²) in [6, 6.07) is 0. The first-order valence-corrected chi connectivity index (χ1v) is 5.74. The van der Waals surface area contributed by atoms with Crippen molar-refractivity contribution in [3.63, 3.8) is 0 Å². The van der Waals surface area contributed by atoms with Crippen molar-refractivity contribution in [1.82, 2.24) is 5.06 Å². The maximum Gasteiger partial charge on any atom is 0.305 e. The maximum atomic E-state index is 12.0. The Morgan fingerprint density at radius 3 is 3.00 bits per heavy atom. The molecule has 5 nitrogen and oxygen atoms in total. The van der Waals surface area contributed by atoms with E-state index in [-0.39, 0.29) is 18.3 Å². The van der Waals surface area contributed by atoms with Gasteiger partial charge in [-0.3, -0.25) is 14.8 Å². The lowest BCUT2D eigenvalue weighted by atomic mass is 9.73. The number of piperidine rings is 1. The van der Waals surface area contributed by atoms with Crippen LogP contribution in [0.25, 0.3) is 0 Å². The summed E-state index contributed by atoms with van der Waals surface area (Å²) in [6.45, 7) is 4.00. The largest absolute Gasteiger partial charge is 0.469 e. The molecule has 1 amide bonds. The van der Waals surface area contributed by atoms with Crippen molar-refractivity contribution >= 4 is 11.9 Å². The summed E-state index contributed by atoms with van der Waals surface area (Å²) < 4.78 is 4.57. The van der Waals surface area contributed by atoms with Gasteiger partial charge in [0.25, 0.3) is 5.91 Å². The van der Waals surface area contributed by atoms with Gasteiger partial charge in [-0.05, 0) is 25.7 Å². The van der Waals surface area contributed by atoms with E-state index in [2.05, 4.69) is 11.3 Å². The summed E-state index contributed by atoms with van der Waals surface area (Å²) in [5, 5.41) is 10.2. The summed E-state index contributed by atoms with van der Waals surface area (Å²) in [6.07, 6.45) is 4.11. The molecule has 1 aliphatic heterocycles. The number of rotatable bonds is 5. The highest BCUT2D eigenvalue weighted by atomic mass is 16.5. The van der Waals surface area contributed by atoms with E-state index in [1.807, 2.05) is 0 Å². The number of methoxy groups -OCH3 is 1. The lowest BCUT2D eigenvalue weighted by molar-refractivity contribution is -0.186. The van der Waals surface area contributed by atoms with Gasteiger partial charge in [-0.2, -0.15) is 0 Å². The molecular weight excluding hydrogens is 222 g/mol. The van der Waals surface area contributed by atoms with Crippen molar-refractivity contribution in [3.05, 3.63) is 12.7 Å². The molecule has 1 aliphatic rings. The molecule has 0 aromatic carbocycles. The third-order valence-electron chi connectivity index (χ3n) is 3.28. The van der Waals surface area contributed by atoms with Crippen molar-refractivity contribution in [2.45, 2.75) is 32.1 Å². The van der Waals surface area contributed by atoms with Gasteiger partial charge in [0.1, 0.15) is 0 Å². The van der Waals surface area contributed by atoms with E-state index >= 15 is 0 Å². The van der Waals surface area contributed by atoms with Crippen LogP contribution < -0.4 is 0 Å². The summed E-state index contributed by atoms with van der Waals surface area (Å²) in [5.41, 5.74) is -0.692. The number of hydrogen-bond donors (Lipinski definition) is 1. The van der Waals surface area contributed by atoms with Gasteiger partial charge in [0.05, 0.1) is 12.5 Å². The number of carbonyl (C=O) groups excluding carboxylic acids is 2. The van der Waals surface area contributed by atoms with E-state index in [1.54, 1.807) is 6.08 Å². The van der Waals surface area contributed by atoms with Gasteiger partial charge < -0.3 is 4.74 Å². The van der Waals surface area contributed by atoms with Crippen LogP contribution >= 0.6 is 0 Å². The van der Waals surface area contributed by atoms with Crippen LogP contribution in [0.2, 0.25) is 0 Å².